The molecule has 8 nitrogen and oxygen atoms in total. The molecule has 200 valence electrons. The Balaban J connectivity index is 1.43. The maximum atomic E-state index is 12.7. The monoisotopic (exact) mass is 508 g/mol. The number of nitrogens with zero attached hydrogens (tertiary/aromatic N) is 2. The van der Waals surface area contributed by atoms with E-state index in [1.165, 1.54) is 0 Å². The molecule has 0 aliphatic carbocycles. The van der Waals surface area contributed by atoms with E-state index in [0.717, 1.165) is 74.6 Å². The van der Waals surface area contributed by atoms with Gasteiger partial charge in [0.1, 0.15) is 5.75 Å². The van der Waals surface area contributed by atoms with Gasteiger partial charge in [-0.3, -0.25) is 19.4 Å². The van der Waals surface area contributed by atoms with E-state index in [4.69, 9.17) is 9.47 Å². The molecule has 4 rings (SSSR count). The van der Waals surface area contributed by atoms with E-state index in [-0.39, 0.29) is 11.8 Å². The van der Waals surface area contributed by atoms with Gasteiger partial charge in [0.15, 0.2) is 0 Å². The largest absolute Gasteiger partial charge is 0.493 e. The predicted molar refractivity (Wildman–Crippen MR) is 143 cm³/mol. The number of fused-ring (bicyclic) bond motifs is 1. The van der Waals surface area contributed by atoms with Gasteiger partial charge in [-0.15, -0.1) is 0 Å². The molecule has 2 aliphatic heterocycles. The Labute approximate surface area is 220 Å². The Morgan fingerprint density at radius 2 is 1.76 bits per heavy atom. The number of hydrogen-bond donors (Lipinski definition) is 2. The second kappa shape index (κ2) is 14.7. The van der Waals surface area contributed by atoms with Crippen LogP contribution < -0.4 is 15.4 Å². The molecule has 0 radical (unpaired) electrons. The first-order chi connectivity index (χ1) is 18.2. The molecule has 2 aromatic rings. The standard InChI is InChI=1S/C29H40N4O4/c34-28(31-12-13-32-14-17-36-18-15-32)20-25-9-10-27-26(19-25)22-33(21-24-7-3-1-4-8-24)23-29(35)30-11-5-2-6-16-37-27/h1,3-4,7-10,19H,2,5-6,11-18,20-23H2,(H,30,35)(H,31,34). The number of amides is 2. The van der Waals surface area contributed by atoms with E-state index >= 15 is 0 Å². The van der Waals surface area contributed by atoms with E-state index in [2.05, 4.69) is 38.6 Å². The van der Waals surface area contributed by atoms with Crippen LogP contribution in [0.25, 0.3) is 0 Å². The maximum absolute atomic E-state index is 12.7. The van der Waals surface area contributed by atoms with Crippen molar-refractivity contribution < 1.29 is 19.1 Å². The Morgan fingerprint density at radius 1 is 0.919 bits per heavy atom. The van der Waals surface area contributed by atoms with E-state index < -0.39 is 0 Å². The Hall–Kier alpha value is -2.94. The van der Waals surface area contributed by atoms with Crippen LogP contribution in [0.2, 0.25) is 0 Å². The van der Waals surface area contributed by atoms with Gasteiger partial charge in [-0.1, -0.05) is 42.5 Å². The maximum Gasteiger partial charge on any atom is 0.234 e. The lowest BCUT2D eigenvalue weighted by atomic mass is 10.1. The van der Waals surface area contributed by atoms with Crippen LogP contribution >= 0.6 is 0 Å². The molecule has 37 heavy (non-hydrogen) atoms. The second-order valence-corrected chi connectivity index (χ2v) is 9.81. The first-order valence-electron chi connectivity index (χ1n) is 13.5. The Kier molecular flexibility index (Phi) is 10.8. The molecular weight excluding hydrogens is 468 g/mol. The summed E-state index contributed by atoms with van der Waals surface area (Å²) in [6, 6.07) is 16.2. The minimum Gasteiger partial charge on any atom is -0.493 e. The minimum atomic E-state index is 0.0132. The lowest BCUT2D eigenvalue weighted by Gasteiger charge is -2.26. The van der Waals surface area contributed by atoms with Crippen molar-refractivity contribution in [3.8, 4) is 5.75 Å². The van der Waals surface area contributed by atoms with Crippen molar-refractivity contribution in [2.45, 2.75) is 38.8 Å². The van der Waals surface area contributed by atoms with Crippen LogP contribution in [-0.4, -0.2) is 80.7 Å². The average Bonchev–Trinajstić information content (AvgIpc) is 2.91. The van der Waals surface area contributed by atoms with E-state index in [0.29, 0.717) is 45.8 Å². The molecule has 8 heteroatoms. The molecule has 0 aromatic heterocycles. The predicted octanol–water partition coefficient (Wildman–Crippen LogP) is 2.36. The number of carbonyl (C=O) groups excluding carboxylic acids is 2. The van der Waals surface area contributed by atoms with Gasteiger partial charge in [-0.05, 0) is 36.5 Å². The Bertz CT molecular complexity index is 995. The fraction of sp³-hybridized carbons (Fsp3) is 0.517. The normalized spacial score (nSPS) is 18.3. The molecule has 0 unspecified atom stereocenters. The van der Waals surface area contributed by atoms with Gasteiger partial charge in [0.25, 0.3) is 0 Å². The van der Waals surface area contributed by atoms with Crippen LogP contribution in [-0.2, 0) is 33.8 Å². The second-order valence-electron chi connectivity index (χ2n) is 9.81. The zero-order valence-electron chi connectivity index (χ0n) is 21.8. The quantitative estimate of drug-likeness (QED) is 0.598. The third-order valence-corrected chi connectivity index (χ3v) is 6.75. The molecule has 2 aromatic carbocycles. The highest BCUT2D eigenvalue weighted by atomic mass is 16.5. The lowest BCUT2D eigenvalue weighted by Crippen LogP contribution is -2.41. The summed E-state index contributed by atoms with van der Waals surface area (Å²) in [6.07, 6.45) is 3.21. The van der Waals surface area contributed by atoms with Gasteiger partial charge in [0.05, 0.1) is 32.8 Å². The smallest absolute Gasteiger partial charge is 0.234 e. The van der Waals surface area contributed by atoms with Gasteiger partial charge in [-0.25, -0.2) is 0 Å². The van der Waals surface area contributed by atoms with Crippen LogP contribution in [0.5, 0.6) is 5.75 Å². The number of ether oxygens (including phenoxy) is 2. The zero-order chi connectivity index (χ0) is 25.7. The van der Waals surface area contributed by atoms with Crippen molar-refractivity contribution in [3.05, 3.63) is 65.2 Å². The molecule has 1 saturated heterocycles. The van der Waals surface area contributed by atoms with Crippen molar-refractivity contribution in [2.75, 3.05) is 59.1 Å². The third kappa shape index (κ3) is 9.46. The number of nitrogens with one attached hydrogen (secondary N) is 2. The number of carbonyl (C=O) groups is 2. The molecule has 0 saturated carbocycles. The van der Waals surface area contributed by atoms with Crippen LogP contribution in [0, 0.1) is 0 Å². The Morgan fingerprint density at radius 3 is 2.59 bits per heavy atom. The van der Waals surface area contributed by atoms with Crippen LogP contribution in [0.3, 0.4) is 0 Å². The van der Waals surface area contributed by atoms with Gasteiger partial charge >= 0.3 is 0 Å². The first-order valence-corrected chi connectivity index (χ1v) is 13.5. The summed E-state index contributed by atoms with van der Waals surface area (Å²) < 4.78 is 11.6. The van der Waals surface area contributed by atoms with E-state index in [1.807, 2.05) is 30.3 Å². The molecule has 0 spiro atoms. The fourth-order valence-corrected chi connectivity index (χ4v) is 4.76. The van der Waals surface area contributed by atoms with Gasteiger partial charge in [-0.2, -0.15) is 0 Å². The summed E-state index contributed by atoms with van der Waals surface area (Å²) in [5.74, 6) is 0.877. The molecule has 0 bridgehead atoms. The van der Waals surface area contributed by atoms with Crippen LogP contribution in [0.1, 0.15) is 36.0 Å². The number of benzene rings is 2. The minimum absolute atomic E-state index is 0.0132. The van der Waals surface area contributed by atoms with Gasteiger partial charge in [0, 0.05) is 51.4 Å². The van der Waals surface area contributed by atoms with Crippen LogP contribution in [0.4, 0.5) is 0 Å². The highest BCUT2D eigenvalue weighted by Crippen LogP contribution is 2.24. The molecule has 2 aliphatic rings. The molecular formula is C29H40N4O4. The summed E-state index contributed by atoms with van der Waals surface area (Å²) in [4.78, 5) is 29.8. The van der Waals surface area contributed by atoms with Crippen molar-refractivity contribution in [3.63, 3.8) is 0 Å². The summed E-state index contributed by atoms with van der Waals surface area (Å²) in [5.41, 5.74) is 3.10. The first kappa shape index (κ1) is 27.1. The highest BCUT2D eigenvalue weighted by molar-refractivity contribution is 5.79. The van der Waals surface area contributed by atoms with Gasteiger partial charge in [0.2, 0.25) is 11.8 Å². The third-order valence-electron chi connectivity index (χ3n) is 6.75. The van der Waals surface area contributed by atoms with Crippen molar-refractivity contribution in [1.29, 1.82) is 0 Å². The van der Waals surface area contributed by atoms with Crippen molar-refractivity contribution in [2.24, 2.45) is 0 Å². The number of rotatable bonds is 7. The molecule has 2 heterocycles. The van der Waals surface area contributed by atoms with E-state index in [1.54, 1.807) is 0 Å². The van der Waals surface area contributed by atoms with Crippen molar-refractivity contribution in [1.82, 2.24) is 20.4 Å². The molecule has 1 fully saturated rings. The fourth-order valence-electron chi connectivity index (χ4n) is 4.76. The molecule has 0 atom stereocenters. The summed E-state index contributed by atoms with van der Waals surface area (Å²) >= 11 is 0. The lowest BCUT2D eigenvalue weighted by molar-refractivity contribution is -0.122. The average molecular weight is 509 g/mol. The van der Waals surface area contributed by atoms with Crippen molar-refractivity contribution >= 4 is 11.8 Å². The zero-order valence-corrected chi connectivity index (χ0v) is 21.8. The molecule has 2 N–H and O–H groups in total. The summed E-state index contributed by atoms with van der Waals surface area (Å²) in [6.45, 7) is 7.66. The molecule has 2 amide bonds. The summed E-state index contributed by atoms with van der Waals surface area (Å²) in [5, 5.41) is 6.11. The summed E-state index contributed by atoms with van der Waals surface area (Å²) in [7, 11) is 0. The van der Waals surface area contributed by atoms with Gasteiger partial charge < -0.3 is 20.1 Å². The highest BCUT2D eigenvalue weighted by Gasteiger charge is 2.17. The topological polar surface area (TPSA) is 83.1 Å². The SMILES string of the molecule is O=C(Cc1ccc2c(c1)CN(Cc1ccccc1)CC(=O)NCCCCCO2)NCCN1CCOCC1. The number of morpholine rings is 1. The number of hydrogen-bond acceptors (Lipinski definition) is 6. The van der Waals surface area contributed by atoms with E-state index in [9.17, 15) is 9.59 Å². The van der Waals surface area contributed by atoms with Crippen LogP contribution in [0.15, 0.2) is 48.5 Å².